The number of nitro benzene ring substituents is 1. The van der Waals surface area contributed by atoms with Crippen molar-refractivity contribution < 1.29 is 23.8 Å². The van der Waals surface area contributed by atoms with Crippen molar-refractivity contribution >= 4 is 40.5 Å². The second-order valence-electron chi connectivity index (χ2n) is 10.4. The number of para-hydroxylation sites is 1. The third kappa shape index (κ3) is 5.85. The van der Waals surface area contributed by atoms with Crippen LogP contribution in [0.2, 0.25) is 5.02 Å². The molecule has 0 bridgehead atoms. The predicted molar refractivity (Wildman–Crippen MR) is 169 cm³/mol. The maximum atomic E-state index is 13.7. The standard InChI is InChI=1S/C31H27ClN8O6/c1-19-28(29(36-46-19)22-5-3-4-6-27(22)45-2)31(42)38-13-11-37(12-14-38)25-16-24(26(40(43)44)15-23(25)32)35-30(41)20-7-9-21(10-8-20)39-18-33-17-34-39/h3-10,15-18H,11-14H2,1-2H3,(H,35,41). The van der Waals surface area contributed by atoms with Gasteiger partial charge in [-0.05, 0) is 49.4 Å². The summed E-state index contributed by atoms with van der Waals surface area (Å²) in [5.41, 5.74) is 2.52. The molecule has 1 fully saturated rings. The van der Waals surface area contributed by atoms with Crippen molar-refractivity contribution in [2.45, 2.75) is 6.92 Å². The summed E-state index contributed by atoms with van der Waals surface area (Å²) in [5.74, 6) is 0.179. The number of anilines is 2. The maximum absolute atomic E-state index is 13.7. The molecule has 2 amide bonds. The molecule has 2 aromatic heterocycles. The summed E-state index contributed by atoms with van der Waals surface area (Å²) in [6, 6.07) is 16.5. The largest absolute Gasteiger partial charge is 0.496 e. The number of rotatable bonds is 8. The van der Waals surface area contributed by atoms with Crippen LogP contribution in [0.3, 0.4) is 0 Å². The molecule has 234 valence electrons. The van der Waals surface area contributed by atoms with Crippen LogP contribution in [0.1, 0.15) is 26.5 Å². The van der Waals surface area contributed by atoms with Gasteiger partial charge < -0.3 is 24.4 Å². The summed E-state index contributed by atoms with van der Waals surface area (Å²) >= 11 is 6.53. The Kier molecular flexibility index (Phi) is 8.35. The molecule has 0 saturated carbocycles. The number of ether oxygens (including phenoxy) is 1. The Morgan fingerprint density at radius 1 is 1.07 bits per heavy atom. The molecule has 15 heteroatoms. The van der Waals surface area contributed by atoms with Gasteiger partial charge in [-0.1, -0.05) is 28.9 Å². The van der Waals surface area contributed by atoms with E-state index < -0.39 is 10.8 Å². The molecule has 1 N–H and O–H groups in total. The number of hydrogen-bond donors (Lipinski definition) is 1. The van der Waals surface area contributed by atoms with E-state index in [9.17, 15) is 19.7 Å². The Bertz CT molecular complexity index is 1920. The minimum Gasteiger partial charge on any atom is -0.496 e. The predicted octanol–water partition coefficient (Wildman–Crippen LogP) is 5.02. The zero-order chi connectivity index (χ0) is 32.4. The molecule has 0 spiro atoms. The van der Waals surface area contributed by atoms with Crippen LogP contribution in [-0.2, 0) is 0 Å². The summed E-state index contributed by atoms with van der Waals surface area (Å²) < 4.78 is 12.4. The van der Waals surface area contributed by atoms with Gasteiger partial charge in [0.2, 0.25) is 0 Å². The zero-order valence-corrected chi connectivity index (χ0v) is 25.5. The molecule has 1 saturated heterocycles. The van der Waals surface area contributed by atoms with Crippen LogP contribution in [-0.4, -0.2) is 74.8 Å². The van der Waals surface area contributed by atoms with Gasteiger partial charge in [-0.2, -0.15) is 5.10 Å². The van der Waals surface area contributed by atoms with Crippen LogP contribution < -0.4 is 15.0 Å². The molecule has 3 heterocycles. The molecule has 5 aromatic rings. The molecule has 14 nitrogen and oxygen atoms in total. The van der Waals surface area contributed by atoms with Gasteiger partial charge >= 0.3 is 0 Å². The second kappa shape index (κ2) is 12.7. The highest BCUT2D eigenvalue weighted by atomic mass is 35.5. The fourth-order valence-corrected chi connectivity index (χ4v) is 5.58. The van der Waals surface area contributed by atoms with Crippen LogP contribution in [0.5, 0.6) is 5.75 Å². The molecule has 46 heavy (non-hydrogen) atoms. The summed E-state index contributed by atoms with van der Waals surface area (Å²) in [6.45, 7) is 3.13. The molecule has 0 aliphatic carbocycles. The number of halogens is 1. The first-order chi connectivity index (χ1) is 22.2. The van der Waals surface area contributed by atoms with E-state index in [1.165, 1.54) is 29.5 Å². The van der Waals surface area contributed by atoms with Gasteiger partial charge in [-0.3, -0.25) is 19.7 Å². The van der Waals surface area contributed by atoms with Crippen LogP contribution in [0.25, 0.3) is 16.9 Å². The Morgan fingerprint density at radius 3 is 2.48 bits per heavy atom. The van der Waals surface area contributed by atoms with Crippen molar-refractivity contribution in [1.82, 2.24) is 24.8 Å². The molecule has 0 atom stereocenters. The fraction of sp³-hybridized carbons (Fsp3) is 0.194. The highest BCUT2D eigenvalue weighted by Gasteiger charge is 2.31. The zero-order valence-electron chi connectivity index (χ0n) is 24.7. The summed E-state index contributed by atoms with van der Waals surface area (Å²) in [6.07, 6.45) is 2.92. The van der Waals surface area contributed by atoms with E-state index in [2.05, 4.69) is 20.6 Å². The number of nitrogens with zero attached hydrogens (tertiary/aromatic N) is 7. The minimum absolute atomic E-state index is 0.00481. The lowest BCUT2D eigenvalue weighted by atomic mass is 10.0. The smallest absolute Gasteiger partial charge is 0.294 e. The van der Waals surface area contributed by atoms with E-state index >= 15 is 0 Å². The Balaban J connectivity index is 1.19. The summed E-state index contributed by atoms with van der Waals surface area (Å²) in [7, 11) is 1.55. The Hall–Kier alpha value is -5.76. The van der Waals surface area contributed by atoms with Gasteiger partial charge in [-0.25, -0.2) is 9.67 Å². The van der Waals surface area contributed by atoms with Crippen LogP contribution in [0.4, 0.5) is 17.1 Å². The lowest BCUT2D eigenvalue weighted by Crippen LogP contribution is -2.49. The van der Waals surface area contributed by atoms with Crippen molar-refractivity contribution in [1.29, 1.82) is 0 Å². The number of nitrogens with one attached hydrogen (secondary N) is 1. The van der Waals surface area contributed by atoms with E-state index in [1.54, 1.807) is 49.3 Å². The topological polar surface area (TPSA) is 162 Å². The normalized spacial score (nSPS) is 13.0. The van der Waals surface area contributed by atoms with E-state index in [4.69, 9.17) is 20.9 Å². The molecule has 1 aliphatic heterocycles. The van der Waals surface area contributed by atoms with E-state index in [0.29, 0.717) is 71.4 Å². The van der Waals surface area contributed by atoms with Crippen LogP contribution in [0, 0.1) is 17.0 Å². The van der Waals surface area contributed by atoms with Crippen molar-refractivity contribution in [2.75, 3.05) is 43.5 Å². The first kappa shape index (κ1) is 30.3. The monoisotopic (exact) mass is 642 g/mol. The number of nitro groups is 1. The van der Waals surface area contributed by atoms with E-state index in [0.717, 1.165) is 0 Å². The molecule has 1 aliphatic rings. The van der Waals surface area contributed by atoms with Gasteiger partial charge in [-0.15, -0.1) is 0 Å². The van der Waals surface area contributed by atoms with E-state index in [-0.39, 0.29) is 22.3 Å². The first-order valence-corrected chi connectivity index (χ1v) is 14.5. The molecule has 0 unspecified atom stereocenters. The average Bonchev–Trinajstić information content (AvgIpc) is 3.75. The SMILES string of the molecule is COc1ccccc1-c1noc(C)c1C(=O)N1CCN(c2cc(NC(=O)c3ccc(-n4cncn4)cc3)c([N+](=O)[O-])cc2Cl)CC1. The van der Waals surface area contributed by atoms with Gasteiger partial charge in [0.25, 0.3) is 17.5 Å². The number of benzene rings is 3. The summed E-state index contributed by atoms with van der Waals surface area (Å²) in [5, 5.41) is 22.9. The number of amides is 2. The summed E-state index contributed by atoms with van der Waals surface area (Å²) in [4.78, 5) is 45.6. The van der Waals surface area contributed by atoms with E-state index in [1.807, 2.05) is 23.1 Å². The first-order valence-electron chi connectivity index (χ1n) is 14.1. The molecular formula is C31H27ClN8O6. The highest BCUT2D eigenvalue weighted by molar-refractivity contribution is 6.33. The van der Waals surface area contributed by atoms with Crippen molar-refractivity contribution in [2.24, 2.45) is 0 Å². The van der Waals surface area contributed by atoms with Gasteiger partial charge in [0.1, 0.15) is 41.1 Å². The molecule has 3 aromatic carbocycles. The fourth-order valence-electron chi connectivity index (χ4n) is 5.30. The average molecular weight is 643 g/mol. The molecular weight excluding hydrogens is 616 g/mol. The second-order valence-corrected chi connectivity index (χ2v) is 10.8. The van der Waals surface area contributed by atoms with Gasteiger partial charge in [0.05, 0.1) is 28.4 Å². The maximum Gasteiger partial charge on any atom is 0.294 e. The highest BCUT2D eigenvalue weighted by Crippen LogP contribution is 2.38. The quantitative estimate of drug-likeness (QED) is 0.180. The third-order valence-corrected chi connectivity index (χ3v) is 7.97. The number of aryl methyl sites for hydroxylation is 1. The number of carbonyl (C=O) groups is 2. The van der Waals surface area contributed by atoms with Crippen molar-refractivity contribution in [3.8, 4) is 22.7 Å². The number of hydrogen-bond acceptors (Lipinski definition) is 10. The minimum atomic E-state index is -0.601. The molecule has 0 radical (unpaired) electrons. The number of carbonyl (C=O) groups excluding carboxylic acids is 2. The number of methoxy groups -OCH3 is 1. The van der Waals surface area contributed by atoms with Crippen LogP contribution >= 0.6 is 11.6 Å². The third-order valence-electron chi connectivity index (χ3n) is 7.67. The lowest BCUT2D eigenvalue weighted by Gasteiger charge is -2.36. The molecule has 6 rings (SSSR count). The number of aromatic nitrogens is 4. The van der Waals surface area contributed by atoms with Crippen molar-refractivity contribution in [3.63, 3.8) is 0 Å². The number of piperazine rings is 1. The van der Waals surface area contributed by atoms with Gasteiger partial charge in [0, 0.05) is 43.4 Å². The van der Waals surface area contributed by atoms with Gasteiger partial charge in [0.15, 0.2) is 0 Å². The Labute approximate surface area is 267 Å². The van der Waals surface area contributed by atoms with Crippen molar-refractivity contribution in [3.05, 3.63) is 105 Å². The lowest BCUT2D eigenvalue weighted by molar-refractivity contribution is -0.383. The van der Waals surface area contributed by atoms with Crippen LogP contribution in [0.15, 0.2) is 77.8 Å². The Morgan fingerprint density at radius 2 is 1.80 bits per heavy atom.